The Balaban J connectivity index is 2.20. The Kier molecular flexibility index (Phi) is 4.99. The topological polar surface area (TPSA) is 58.9 Å². The molecule has 14 heavy (non-hydrogen) atoms. The summed E-state index contributed by atoms with van der Waals surface area (Å²) >= 11 is 0. The summed E-state index contributed by atoms with van der Waals surface area (Å²) in [7, 11) is 0. The molecule has 1 aromatic carbocycles. The molecule has 0 aliphatic carbocycles. The van der Waals surface area contributed by atoms with Crippen LogP contribution in [-0.4, -0.2) is 36.3 Å². The number of para-hydroxylation sites is 1. The van der Waals surface area contributed by atoms with E-state index in [9.17, 15) is 5.11 Å². The molecule has 0 saturated heterocycles. The molecule has 0 aliphatic heterocycles. The minimum atomic E-state index is -0.998. The fraction of sp³-hybridized carbons (Fsp3) is 0.400. The Hall–Kier alpha value is -1.10. The lowest BCUT2D eigenvalue weighted by Gasteiger charge is -2.12. The summed E-state index contributed by atoms with van der Waals surface area (Å²) in [6.45, 7) is 0.0612. The molecule has 0 amide bonds. The first-order chi connectivity index (χ1) is 6.83. The van der Waals surface area contributed by atoms with Crippen LogP contribution in [0.2, 0.25) is 0 Å². The van der Waals surface area contributed by atoms with Crippen molar-refractivity contribution in [2.75, 3.05) is 19.8 Å². The Bertz CT molecular complexity index is 237. The Morgan fingerprint density at radius 1 is 1.21 bits per heavy atom. The van der Waals surface area contributed by atoms with Crippen LogP contribution < -0.4 is 4.74 Å². The maximum absolute atomic E-state index is 9.18. The van der Waals surface area contributed by atoms with E-state index in [-0.39, 0.29) is 19.8 Å². The van der Waals surface area contributed by atoms with E-state index in [2.05, 4.69) is 0 Å². The van der Waals surface area contributed by atoms with E-state index in [1.54, 1.807) is 12.1 Å². The average molecular weight is 198 g/mol. The van der Waals surface area contributed by atoms with Gasteiger partial charge in [-0.2, -0.15) is 0 Å². The van der Waals surface area contributed by atoms with Gasteiger partial charge in [0.2, 0.25) is 0 Å². The Labute approximate surface area is 82.7 Å². The zero-order valence-electron chi connectivity index (χ0n) is 7.80. The van der Waals surface area contributed by atoms with Gasteiger partial charge in [0.1, 0.15) is 12.4 Å². The first kappa shape index (κ1) is 11.0. The van der Waals surface area contributed by atoms with Gasteiger partial charge in [0, 0.05) is 0 Å². The maximum atomic E-state index is 9.18. The number of rotatable bonds is 6. The minimum absolute atomic E-state index is 0.0595. The van der Waals surface area contributed by atoms with Crippen LogP contribution in [0.3, 0.4) is 0 Å². The highest BCUT2D eigenvalue weighted by molar-refractivity contribution is 5.20. The fourth-order valence-electron chi connectivity index (χ4n) is 0.921. The third kappa shape index (κ3) is 4.23. The van der Waals surface area contributed by atoms with Crippen LogP contribution in [0.5, 0.6) is 5.75 Å². The summed E-state index contributed by atoms with van der Waals surface area (Å²) in [5.74, 6) is 0.680. The third-order valence-corrected chi connectivity index (χ3v) is 1.54. The lowest BCUT2D eigenvalue weighted by molar-refractivity contribution is -0.125. The molecular weight excluding hydrogens is 184 g/mol. The van der Waals surface area contributed by atoms with Crippen molar-refractivity contribution >= 4 is 0 Å². The van der Waals surface area contributed by atoms with E-state index in [1.165, 1.54) is 0 Å². The summed E-state index contributed by atoms with van der Waals surface area (Å²) < 4.78 is 10.0. The lowest BCUT2D eigenvalue weighted by atomic mass is 10.3. The van der Waals surface area contributed by atoms with Crippen LogP contribution in [0.15, 0.2) is 30.3 Å². The molecule has 0 heterocycles. The molecule has 0 saturated carbocycles. The normalized spacial score (nSPS) is 12.4. The van der Waals surface area contributed by atoms with Crippen molar-refractivity contribution < 1.29 is 19.7 Å². The molecule has 4 heteroatoms. The van der Waals surface area contributed by atoms with Gasteiger partial charge in [0.05, 0.1) is 13.2 Å². The van der Waals surface area contributed by atoms with E-state index >= 15 is 0 Å². The molecule has 0 aliphatic rings. The smallest absolute Gasteiger partial charge is 0.189 e. The summed E-state index contributed by atoms with van der Waals surface area (Å²) in [6.07, 6.45) is -0.998. The van der Waals surface area contributed by atoms with Crippen molar-refractivity contribution in [2.24, 2.45) is 0 Å². The van der Waals surface area contributed by atoms with E-state index in [4.69, 9.17) is 14.6 Å². The SMILES string of the molecule is OCCOC(O)COc1ccccc1. The second-order valence-electron chi connectivity index (χ2n) is 2.67. The van der Waals surface area contributed by atoms with E-state index < -0.39 is 6.29 Å². The predicted molar refractivity (Wildman–Crippen MR) is 51.0 cm³/mol. The third-order valence-electron chi connectivity index (χ3n) is 1.54. The van der Waals surface area contributed by atoms with E-state index in [1.807, 2.05) is 18.2 Å². The molecule has 0 spiro atoms. The zero-order chi connectivity index (χ0) is 10.2. The molecule has 1 unspecified atom stereocenters. The quantitative estimate of drug-likeness (QED) is 0.649. The summed E-state index contributed by atoms with van der Waals surface area (Å²) in [6, 6.07) is 9.15. The average Bonchev–Trinajstić information content (AvgIpc) is 2.25. The van der Waals surface area contributed by atoms with Gasteiger partial charge in [-0.1, -0.05) is 18.2 Å². The van der Waals surface area contributed by atoms with Gasteiger partial charge < -0.3 is 19.7 Å². The zero-order valence-corrected chi connectivity index (χ0v) is 7.80. The summed E-state index contributed by atoms with van der Waals surface area (Å²) in [5, 5.41) is 17.6. The number of aliphatic hydroxyl groups excluding tert-OH is 2. The van der Waals surface area contributed by atoms with Gasteiger partial charge in [-0.25, -0.2) is 0 Å². The standard InChI is InChI=1S/C10H14O4/c11-6-7-13-10(12)8-14-9-4-2-1-3-5-9/h1-5,10-12H,6-8H2. The van der Waals surface area contributed by atoms with Crippen LogP contribution in [-0.2, 0) is 4.74 Å². The molecule has 4 nitrogen and oxygen atoms in total. The lowest BCUT2D eigenvalue weighted by Crippen LogP contribution is -2.22. The Morgan fingerprint density at radius 2 is 1.93 bits per heavy atom. The van der Waals surface area contributed by atoms with Crippen LogP contribution in [0.4, 0.5) is 0 Å². The number of benzene rings is 1. The minimum Gasteiger partial charge on any atom is -0.488 e. The second-order valence-corrected chi connectivity index (χ2v) is 2.67. The molecule has 1 aromatic rings. The van der Waals surface area contributed by atoms with Gasteiger partial charge in [0.25, 0.3) is 0 Å². The fourth-order valence-corrected chi connectivity index (χ4v) is 0.921. The van der Waals surface area contributed by atoms with Crippen LogP contribution >= 0.6 is 0 Å². The number of hydrogen-bond acceptors (Lipinski definition) is 4. The highest BCUT2D eigenvalue weighted by atomic mass is 16.6. The van der Waals surface area contributed by atoms with Crippen molar-refractivity contribution in [1.29, 1.82) is 0 Å². The molecule has 2 N–H and O–H groups in total. The van der Waals surface area contributed by atoms with Gasteiger partial charge in [-0.05, 0) is 12.1 Å². The highest BCUT2D eigenvalue weighted by Crippen LogP contribution is 2.08. The molecule has 0 fully saturated rings. The van der Waals surface area contributed by atoms with Crippen molar-refractivity contribution in [3.8, 4) is 5.75 Å². The molecule has 0 bridgehead atoms. The second kappa shape index (κ2) is 6.37. The van der Waals surface area contributed by atoms with Gasteiger partial charge >= 0.3 is 0 Å². The largest absolute Gasteiger partial charge is 0.488 e. The van der Waals surface area contributed by atoms with E-state index in [0.717, 1.165) is 0 Å². The molecule has 0 aromatic heterocycles. The number of ether oxygens (including phenoxy) is 2. The molecule has 1 rings (SSSR count). The van der Waals surface area contributed by atoms with Gasteiger partial charge in [-0.15, -0.1) is 0 Å². The summed E-state index contributed by atoms with van der Waals surface area (Å²) in [4.78, 5) is 0. The summed E-state index contributed by atoms with van der Waals surface area (Å²) in [5.41, 5.74) is 0. The first-order valence-corrected chi connectivity index (χ1v) is 4.41. The molecule has 0 radical (unpaired) electrons. The van der Waals surface area contributed by atoms with Gasteiger partial charge in [-0.3, -0.25) is 0 Å². The Morgan fingerprint density at radius 3 is 2.57 bits per heavy atom. The van der Waals surface area contributed by atoms with Crippen molar-refractivity contribution in [1.82, 2.24) is 0 Å². The number of hydrogen-bond donors (Lipinski definition) is 2. The van der Waals surface area contributed by atoms with Crippen LogP contribution in [0.25, 0.3) is 0 Å². The maximum Gasteiger partial charge on any atom is 0.189 e. The predicted octanol–water partition coefficient (Wildman–Crippen LogP) is 0.393. The van der Waals surface area contributed by atoms with Crippen molar-refractivity contribution in [3.05, 3.63) is 30.3 Å². The van der Waals surface area contributed by atoms with Crippen molar-refractivity contribution in [2.45, 2.75) is 6.29 Å². The van der Waals surface area contributed by atoms with Crippen LogP contribution in [0, 0.1) is 0 Å². The van der Waals surface area contributed by atoms with Crippen molar-refractivity contribution in [3.63, 3.8) is 0 Å². The first-order valence-electron chi connectivity index (χ1n) is 4.41. The van der Waals surface area contributed by atoms with Crippen LogP contribution in [0.1, 0.15) is 0 Å². The molecule has 78 valence electrons. The number of aliphatic hydroxyl groups is 2. The highest BCUT2D eigenvalue weighted by Gasteiger charge is 2.03. The monoisotopic (exact) mass is 198 g/mol. The van der Waals surface area contributed by atoms with E-state index in [0.29, 0.717) is 5.75 Å². The van der Waals surface area contributed by atoms with Gasteiger partial charge in [0.15, 0.2) is 6.29 Å². The molecule has 1 atom stereocenters. The molecular formula is C10H14O4.